The van der Waals surface area contributed by atoms with Crippen LogP contribution in [0.25, 0.3) is 0 Å². The highest BCUT2D eigenvalue weighted by molar-refractivity contribution is 4.82. The minimum atomic E-state index is -4.08. The van der Waals surface area contributed by atoms with E-state index < -0.39 is 18.2 Å². The van der Waals surface area contributed by atoms with E-state index in [4.69, 9.17) is 0 Å². The van der Waals surface area contributed by atoms with E-state index in [1.54, 1.807) is 0 Å². The molecule has 124 valence electrons. The molecule has 2 aliphatic rings. The van der Waals surface area contributed by atoms with Crippen LogP contribution in [0.1, 0.15) is 44.9 Å². The Kier molecular flexibility index (Phi) is 6.32. The average Bonchev–Trinajstić information content (AvgIpc) is 2.46. The fourth-order valence-electron chi connectivity index (χ4n) is 3.48. The molecule has 0 radical (unpaired) electrons. The van der Waals surface area contributed by atoms with Crippen molar-refractivity contribution in [3.63, 3.8) is 0 Å². The summed E-state index contributed by atoms with van der Waals surface area (Å²) >= 11 is 0. The van der Waals surface area contributed by atoms with Gasteiger partial charge in [0.15, 0.2) is 0 Å². The summed E-state index contributed by atoms with van der Waals surface area (Å²) in [7, 11) is 0. The number of piperidine rings is 1. The van der Waals surface area contributed by atoms with Gasteiger partial charge in [-0.15, -0.1) is 0 Å². The van der Waals surface area contributed by atoms with Gasteiger partial charge in [-0.05, 0) is 45.2 Å². The van der Waals surface area contributed by atoms with Crippen molar-refractivity contribution in [1.82, 2.24) is 10.2 Å². The number of nitrogens with zero attached hydrogens (tertiary/aromatic N) is 1. The van der Waals surface area contributed by atoms with Crippen LogP contribution in [0.5, 0.6) is 0 Å². The highest BCUT2D eigenvalue weighted by Crippen LogP contribution is 2.37. The number of nitrogens with one attached hydrogen (secondary N) is 1. The maximum absolute atomic E-state index is 12.7. The van der Waals surface area contributed by atoms with Gasteiger partial charge in [-0.25, -0.2) is 0 Å². The molecule has 1 heterocycles. The van der Waals surface area contributed by atoms with Gasteiger partial charge in [0, 0.05) is 19.1 Å². The minimum Gasteiger partial charge on any atom is -0.390 e. The molecule has 0 aromatic rings. The van der Waals surface area contributed by atoms with E-state index in [1.165, 1.54) is 19.3 Å². The maximum atomic E-state index is 12.7. The number of aliphatic hydroxyl groups is 1. The summed E-state index contributed by atoms with van der Waals surface area (Å²) in [5.74, 6) is -1.18. The predicted octanol–water partition coefficient (Wildman–Crippen LogP) is 2.54. The van der Waals surface area contributed by atoms with Crippen molar-refractivity contribution in [3.05, 3.63) is 0 Å². The number of hydrogen-bond donors (Lipinski definition) is 2. The molecular weight excluding hydrogens is 281 g/mol. The molecule has 1 aliphatic heterocycles. The smallest absolute Gasteiger partial charge is 0.390 e. The van der Waals surface area contributed by atoms with Crippen LogP contribution in [0, 0.1) is 5.92 Å². The van der Waals surface area contributed by atoms with Crippen LogP contribution in [-0.4, -0.2) is 54.5 Å². The fraction of sp³-hybridized carbons (Fsp3) is 1.00. The van der Waals surface area contributed by atoms with Gasteiger partial charge in [0.1, 0.15) is 0 Å². The lowest BCUT2D eigenvalue weighted by molar-refractivity contribution is -0.183. The first-order valence-corrected chi connectivity index (χ1v) is 8.15. The van der Waals surface area contributed by atoms with Crippen molar-refractivity contribution in [2.45, 2.75) is 63.3 Å². The number of alkyl halides is 3. The minimum absolute atomic E-state index is 0.110. The molecule has 1 saturated carbocycles. The second-order valence-electron chi connectivity index (χ2n) is 6.53. The number of likely N-dealkylation sites (tertiary alicyclic amines) is 1. The third kappa shape index (κ3) is 5.75. The fourth-order valence-corrected chi connectivity index (χ4v) is 3.48. The first-order chi connectivity index (χ1) is 9.95. The van der Waals surface area contributed by atoms with E-state index >= 15 is 0 Å². The Morgan fingerprint density at radius 3 is 2.48 bits per heavy atom. The molecule has 6 heteroatoms. The van der Waals surface area contributed by atoms with Crippen LogP contribution in [0.3, 0.4) is 0 Å². The van der Waals surface area contributed by atoms with Gasteiger partial charge in [0.2, 0.25) is 0 Å². The lowest BCUT2D eigenvalue weighted by Gasteiger charge is -2.33. The van der Waals surface area contributed by atoms with Gasteiger partial charge in [0.05, 0.1) is 12.0 Å². The summed E-state index contributed by atoms with van der Waals surface area (Å²) in [5.41, 5.74) is 0. The molecule has 0 unspecified atom stereocenters. The molecule has 2 rings (SSSR count). The summed E-state index contributed by atoms with van der Waals surface area (Å²) in [6, 6.07) is -0.110. The molecule has 3 atom stereocenters. The lowest BCUT2D eigenvalue weighted by Crippen LogP contribution is -2.45. The summed E-state index contributed by atoms with van der Waals surface area (Å²) in [5, 5.41) is 13.2. The third-order valence-corrected chi connectivity index (χ3v) is 4.70. The zero-order valence-corrected chi connectivity index (χ0v) is 12.5. The van der Waals surface area contributed by atoms with E-state index in [0.29, 0.717) is 19.5 Å². The molecule has 0 aromatic heterocycles. The van der Waals surface area contributed by atoms with Crippen LogP contribution in [0.15, 0.2) is 0 Å². The van der Waals surface area contributed by atoms with Crippen LogP contribution >= 0.6 is 0 Å². The molecule has 0 spiro atoms. The molecule has 2 fully saturated rings. The normalized spacial score (nSPS) is 30.3. The first kappa shape index (κ1) is 17.0. The largest absolute Gasteiger partial charge is 0.391 e. The standard InChI is InChI=1S/C15H27F3N2O/c16-15(17,18)12-5-4-6-13(9-12)19-10-14(21)11-20-7-2-1-3-8-20/h12-14,19,21H,1-11H2/t12-,13-,14-/m1/s1. The van der Waals surface area contributed by atoms with Crippen molar-refractivity contribution in [1.29, 1.82) is 0 Å². The van der Waals surface area contributed by atoms with Gasteiger partial charge in [-0.2, -0.15) is 13.2 Å². The number of halogens is 3. The Balaban J connectivity index is 1.67. The quantitative estimate of drug-likeness (QED) is 0.819. The Morgan fingerprint density at radius 1 is 1.10 bits per heavy atom. The van der Waals surface area contributed by atoms with Crippen LogP contribution in [0.2, 0.25) is 0 Å². The van der Waals surface area contributed by atoms with Crippen molar-refractivity contribution >= 4 is 0 Å². The van der Waals surface area contributed by atoms with Gasteiger partial charge in [-0.3, -0.25) is 0 Å². The van der Waals surface area contributed by atoms with Gasteiger partial charge in [-0.1, -0.05) is 12.8 Å². The molecule has 0 aromatic carbocycles. The summed E-state index contributed by atoms with van der Waals surface area (Å²) in [6.45, 7) is 3.07. The average molecular weight is 308 g/mol. The molecule has 3 nitrogen and oxygen atoms in total. The molecule has 0 amide bonds. The van der Waals surface area contributed by atoms with Gasteiger partial charge < -0.3 is 15.3 Å². The van der Waals surface area contributed by atoms with Crippen LogP contribution < -0.4 is 5.32 Å². The van der Waals surface area contributed by atoms with Crippen LogP contribution in [-0.2, 0) is 0 Å². The Hall–Kier alpha value is -0.330. The van der Waals surface area contributed by atoms with E-state index in [2.05, 4.69) is 10.2 Å². The lowest BCUT2D eigenvalue weighted by atomic mass is 9.85. The number of aliphatic hydroxyl groups excluding tert-OH is 1. The Bertz CT molecular complexity index is 306. The Labute approximate surface area is 124 Å². The third-order valence-electron chi connectivity index (χ3n) is 4.70. The van der Waals surface area contributed by atoms with Crippen molar-refractivity contribution in [2.75, 3.05) is 26.2 Å². The highest BCUT2D eigenvalue weighted by atomic mass is 19.4. The topological polar surface area (TPSA) is 35.5 Å². The van der Waals surface area contributed by atoms with Gasteiger partial charge >= 0.3 is 6.18 Å². The van der Waals surface area contributed by atoms with Crippen molar-refractivity contribution < 1.29 is 18.3 Å². The van der Waals surface area contributed by atoms with Crippen LogP contribution in [0.4, 0.5) is 13.2 Å². The van der Waals surface area contributed by atoms with E-state index in [9.17, 15) is 18.3 Å². The second kappa shape index (κ2) is 7.79. The molecule has 1 aliphatic carbocycles. The molecule has 1 saturated heterocycles. The SMILES string of the molecule is O[C@H](CN[C@@H]1CCC[C@@H](C(F)(F)F)C1)CN1CCCCC1. The number of β-amino-alcohol motifs (C(OH)–C–C–N with tert-alkyl or cyclic N) is 1. The van der Waals surface area contributed by atoms with E-state index in [-0.39, 0.29) is 18.9 Å². The van der Waals surface area contributed by atoms with E-state index in [0.717, 1.165) is 19.5 Å². The van der Waals surface area contributed by atoms with Gasteiger partial charge in [0.25, 0.3) is 0 Å². The summed E-state index contributed by atoms with van der Waals surface area (Å²) < 4.78 is 38.2. The summed E-state index contributed by atoms with van der Waals surface area (Å²) in [4.78, 5) is 2.25. The predicted molar refractivity (Wildman–Crippen MR) is 76.1 cm³/mol. The van der Waals surface area contributed by atoms with E-state index in [1.807, 2.05) is 0 Å². The zero-order chi connectivity index (χ0) is 15.3. The Morgan fingerprint density at radius 2 is 1.81 bits per heavy atom. The van der Waals surface area contributed by atoms with Crippen molar-refractivity contribution in [2.24, 2.45) is 5.92 Å². The summed E-state index contributed by atoms with van der Waals surface area (Å²) in [6.07, 6.45) is 0.838. The molecular formula is C15H27F3N2O. The van der Waals surface area contributed by atoms with Crippen molar-refractivity contribution in [3.8, 4) is 0 Å². The molecule has 0 bridgehead atoms. The number of rotatable bonds is 5. The molecule has 2 N–H and O–H groups in total. The molecule has 21 heavy (non-hydrogen) atoms. The first-order valence-electron chi connectivity index (χ1n) is 8.15. The maximum Gasteiger partial charge on any atom is 0.391 e. The number of hydrogen-bond acceptors (Lipinski definition) is 3. The zero-order valence-electron chi connectivity index (χ0n) is 12.5. The second-order valence-corrected chi connectivity index (χ2v) is 6.53. The highest BCUT2D eigenvalue weighted by Gasteiger charge is 2.42. The monoisotopic (exact) mass is 308 g/mol.